The van der Waals surface area contributed by atoms with Crippen molar-refractivity contribution in [1.82, 2.24) is 4.90 Å². The minimum atomic E-state index is -0.764. The van der Waals surface area contributed by atoms with E-state index in [0.717, 1.165) is 5.56 Å². The number of nitrogens with zero attached hydrogens (tertiary/aromatic N) is 1. The topological polar surface area (TPSA) is 89.7 Å². The molecule has 0 saturated carbocycles. The van der Waals surface area contributed by atoms with Gasteiger partial charge in [0.05, 0.1) is 0 Å². The molecule has 0 unspecified atom stereocenters. The Morgan fingerprint density at radius 2 is 2.09 bits per heavy atom. The van der Waals surface area contributed by atoms with Crippen LogP contribution in [0.15, 0.2) is 24.3 Å². The van der Waals surface area contributed by atoms with E-state index in [4.69, 9.17) is 10.5 Å². The second-order valence-electron chi connectivity index (χ2n) is 5.46. The van der Waals surface area contributed by atoms with Crippen LogP contribution in [0.25, 0.3) is 0 Å². The van der Waals surface area contributed by atoms with E-state index in [0.29, 0.717) is 18.6 Å². The highest BCUT2D eigenvalue weighted by Gasteiger charge is 2.57. The van der Waals surface area contributed by atoms with Crippen molar-refractivity contribution in [3.05, 3.63) is 35.6 Å². The van der Waals surface area contributed by atoms with E-state index in [9.17, 15) is 18.8 Å². The molecule has 2 saturated heterocycles. The molecule has 0 radical (unpaired) electrons. The minimum absolute atomic E-state index is 0.152. The molecule has 0 bridgehead atoms. The number of ether oxygens (including phenoxy) is 1. The van der Waals surface area contributed by atoms with Crippen LogP contribution < -0.4 is 5.73 Å². The number of carbonyl (C=O) groups is 3. The maximum absolute atomic E-state index is 13.2. The molecule has 2 atom stereocenters. The second kappa shape index (κ2) is 5.84. The predicted octanol–water partition coefficient (Wildman–Crippen LogP) is 0.745. The van der Waals surface area contributed by atoms with Crippen molar-refractivity contribution >= 4 is 29.5 Å². The number of thioether (sulfide) groups is 1. The van der Waals surface area contributed by atoms with Crippen molar-refractivity contribution in [2.24, 2.45) is 5.73 Å². The number of hydrogen-bond donors (Lipinski definition) is 1. The molecule has 1 aromatic rings. The molecular formula is C15H15FN2O4S. The van der Waals surface area contributed by atoms with E-state index in [-0.39, 0.29) is 11.7 Å². The summed E-state index contributed by atoms with van der Waals surface area (Å²) in [6, 6.07) is 5.17. The Bertz CT molecular complexity index is 666. The van der Waals surface area contributed by atoms with Gasteiger partial charge in [-0.05, 0) is 24.1 Å². The van der Waals surface area contributed by atoms with E-state index in [2.05, 4.69) is 0 Å². The molecule has 0 aliphatic carbocycles. The van der Waals surface area contributed by atoms with Crippen molar-refractivity contribution in [3.8, 4) is 0 Å². The van der Waals surface area contributed by atoms with Gasteiger partial charge in [-0.1, -0.05) is 12.1 Å². The van der Waals surface area contributed by atoms with Crippen molar-refractivity contribution in [1.29, 1.82) is 0 Å². The predicted molar refractivity (Wildman–Crippen MR) is 80.6 cm³/mol. The molecule has 3 rings (SSSR count). The lowest BCUT2D eigenvalue weighted by Crippen LogP contribution is -2.47. The SMILES string of the molecule is NC(=O)COC(=O)[C@@H]1CS[C@]2(c3ccc(F)cc3)CCC(=O)N12. The van der Waals surface area contributed by atoms with Crippen LogP contribution in [0.2, 0.25) is 0 Å². The molecule has 0 spiro atoms. The lowest BCUT2D eigenvalue weighted by atomic mass is 10.0. The third-order valence-electron chi connectivity index (χ3n) is 4.05. The first kappa shape index (κ1) is 15.8. The van der Waals surface area contributed by atoms with E-state index >= 15 is 0 Å². The zero-order valence-corrected chi connectivity index (χ0v) is 13.0. The highest BCUT2D eigenvalue weighted by Crippen LogP contribution is 2.54. The summed E-state index contributed by atoms with van der Waals surface area (Å²) in [6.45, 7) is -0.508. The largest absolute Gasteiger partial charge is 0.454 e. The molecule has 2 N–H and O–H groups in total. The van der Waals surface area contributed by atoms with Gasteiger partial charge in [-0.2, -0.15) is 0 Å². The van der Waals surface area contributed by atoms with Crippen LogP contribution in [0.1, 0.15) is 18.4 Å². The molecular weight excluding hydrogens is 323 g/mol. The lowest BCUT2D eigenvalue weighted by Gasteiger charge is -2.33. The monoisotopic (exact) mass is 338 g/mol. The van der Waals surface area contributed by atoms with Crippen LogP contribution in [0.4, 0.5) is 4.39 Å². The molecule has 2 aliphatic heterocycles. The first-order valence-corrected chi connectivity index (χ1v) is 8.10. The van der Waals surface area contributed by atoms with E-state index in [1.165, 1.54) is 28.8 Å². The molecule has 2 amide bonds. The van der Waals surface area contributed by atoms with Crippen LogP contribution >= 0.6 is 11.8 Å². The summed E-state index contributed by atoms with van der Waals surface area (Å²) in [4.78, 5) is 36.0. The van der Waals surface area contributed by atoms with Gasteiger partial charge in [-0.3, -0.25) is 9.59 Å². The number of benzene rings is 1. The van der Waals surface area contributed by atoms with Gasteiger partial charge in [0.25, 0.3) is 5.91 Å². The van der Waals surface area contributed by atoms with Crippen molar-refractivity contribution in [3.63, 3.8) is 0 Å². The quantitative estimate of drug-likeness (QED) is 0.818. The number of carbonyl (C=O) groups excluding carboxylic acids is 3. The van der Waals surface area contributed by atoms with E-state index in [1.54, 1.807) is 12.1 Å². The van der Waals surface area contributed by atoms with Gasteiger partial charge >= 0.3 is 5.97 Å². The van der Waals surface area contributed by atoms with Crippen LogP contribution in [-0.4, -0.2) is 41.1 Å². The number of rotatable bonds is 4. The van der Waals surface area contributed by atoms with Gasteiger partial charge < -0.3 is 15.4 Å². The molecule has 8 heteroatoms. The van der Waals surface area contributed by atoms with Gasteiger partial charge in [0, 0.05) is 12.2 Å². The van der Waals surface area contributed by atoms with Gasteiger partial charge in [-0.15, -0.1) is 11.8 Å². The Morgan fingerprint density at radius 3 is 2.74 bits per heavy atom. The highest BCUT2D eigenvalue weighted by atomic mass is 32.2. The Morgan fingerprint density at radius 1 is 1.39 bits per heavy atom. The minimum Gasteiger partial charge on any atom is -0.454 e. The summed E-state index contributed by atoms with van der Waals surface area (Å²) in [5, 5.41) is 0. The maximum atomic E-state index is 13.2. The number of hydrogen-bond acceptors (Lipinski definition) is 5. The standard InChI is InChI=1S/C15H15FN2O4S/c16-10-3-1-9(2-4-10)15-6-5-13(20)18(15)11(8-23-15)14(21)22-7-12(17)19/h1-4,11H,5-8H2,(H2,17,19)/t11-,15-/m0/s1. The molecule has 0 aromatic heterocycles. The van der Waals surface area contributed by atoms with Crippen LogP contribution in [0, 0.1) is 5.82 Å². The third kappa shape index (κ3) is 2.67. The zero-order valence-electron chi connectivity index (χ0n) is 12.2. The number of esters is 1. The van der Waals surface area contributed by atoms with Gasteiger partial charge in [0.1, 0.15) is 16.7 Å². The number of nitrogens with two attached hydrogens (primary N) is 1. The molecule has 2 heterocycles. The lowest BCUT2D eigenvalue weighted by molar-refractivity contribution is -0.156. The normalized spacial score (nSPS) is 26.2. The third-order valence-corrected chi connectivity index (χ3v) is 5.65. The molecule has 23 heavy (non-hydrogen) atoms. The average molecular weight is 338 g/mol. The van der Waals surface area contributed by atoms with Crippen molar-refractivity contribution in [2.75, 3.05) is 12.4 Å². The average Bonchev–Trinajstić information content (AvgIpc) is 3.05. The zero-order chi connectivity index (χ0) is 16.6. The summed E-state index contributed by atoms with van der Waals surface area (Å²) in [5.74, 6) is -1.54. The summed E-state index contributed by atoms with van der Waals surface area (Å²) < 4.78 is 18.0. The van der Waals surface area contributed by atoms with Crippen molar-refractivity contribution < 1.29 is 23.5 Å². The Balaban J connectivity index is 1.88. The Kier molecular flexibility index (Phi) is 4.01. The number of primary amides is 1. The van der Waals surface area contributed by atoms with Gasteiger partial charge in [-0.25, -0.2) is 9.18 Å². The summed E-state index contributed by atoms with van der Waals surface area (Å²) in [6.07, 6.45) is 0.853. The van der Waals surface area contributed by atoms with Crippen LogP contribution in [-0.2, 0) is 24.0 Å². The fraction of sp³-hybridized carbons (Fsp3) is 0.400. The number of halogens is 1. The number of amides is 2. The molecule has 6 nitrogen and oxygen atoms in total. The first-order valence-electron chi connectivity index (χ1n) is 7.11. The maximum Gasteiger partial charge on any atom is 0.330 e. The molecule has 122 valence electrons. The van der Waals surface area contributed by atoms with Crippen LogP contribution in [0.5, 0.6) is 0 Å². The first-order chi connectivity index (χ1) is 10.9. The van der Waals surface area contributed by atoms with Gasteiger partial charge in [0.15, 0.2) is 6.61 Å². The van der Waals surface area contributed by atoms with E-state index in [1.807, 2.05) is 0 Å². The number of fused-ring (bicyclic) bond motifs is 1. The smallest absolute Gasteiger partial charge is 0.330 e. The molecule has 1 aromatic carbocycles. The van der Waals surface area contributed by atoms with Gasteiger partial charge in [0.2, 0.25) is 5.91 Å². The summed E-state index contributed by atoms with van der Waals surface area (Å²) in [5.41, 5.74) is 5.75. The fourth-order valence-corrected chi connectivity index (χ4v) is 4.70. The fourth-order valence-electron chi connectivity index (χ4n) is 3.07. The summed E-state index contributed by atoms with van der Waals surface area (Å²) in [7, 11) is 0. The summed E-state index contributed by atoms with van der Waals surface area (Å²) >= 11 is 1.46. The van der Waals surface area contributed by atoms with Crippen LogP contribution in [0.3, 0.4) is 0 Å². The van der Waals surface area contributed by atoms with E-state index < -0.39 is 29.4 Å². The Hall–Kier alpha value is -2.09. The second-order valence-corrected chi connectivity index (χ2v) is 6.75. The van der Waals surface area contributed by atoms with Crippen molar-refractivity contribution in [2.45, 2.75) is 23.8 Å². The molecule has 2 aliphatic rings. The molecule has 2 fully saturated rings. The Labute approximate surface area is 136 Å². The highest BCUT2D eigenvalue weighted by molar-refractivity contribution is 8.00.